The van der Waals surface area contributed by atoms with Crippen LogP contribution >= 0.6 is 0 Å². The first-order valence-electron chi connectivity index (χ1n) is 12.2. The quantitative estimate of drug-likeness (QED) is 0.276. The maximum absolute atomic E-state index is 5.87. The van der Waals surface area contributed by atoms with Crippen molar-refractivity contribution >= 4 is 5.96 Å². The minimum absolute atomic E-state index is 0.0159. The Morgan fingerprint density at radius 2 is 1.81 bits per heavy atom. The van der Waals surface area contributed by atoms with E-state index in [1.54, 1.807) is 0 Å². The second-order valence-electron chi connectivity index (χ2n) is 9.01. The first-order valence-corrected chi connectivity index (χ1v) is 12.2. The Hall–Kier alpha value is -1.67. The summed E-state index contributed by atoms with van der Waals surface area (Å²) < 4.78 is 16.9. The Morgan fingerprint density at radius 3 is 2.53 bits per heavy atom. The van der Waals surface area contributed by atoms with Crippen LogP contribution in [0.2, 0.25) is 0 Å². The van der Waals surface area contributed by atoms with Crippen LogP contribution in [0.1, 0.15) is 50.6 Å². The van der Waals surface area contributed by atoms with Gasteiger partial charge in [0.25, 0.3) is 0 Å². The van der Waals surface area contributed by atoms with Crippen LogP contribution in [0.25, 0.3) is 0 Å². The number of rotatable bonds is 11. The Kier molecular flexibility index (Phi) is 10.8. The highest BCUT2D eigenvalue weighted by molar-refractivity contribution is 5.79. The van der Waals surface area contributed by atoms with E-state index in [2.05, 4.69) is 58.2 Å². The van der Waals surface area contributed by atoms with E-state index in [0.29, 0.717) is 5.92 Å². The van der Waals surface area contributed by atoms with Gasteiger partial charge in [0, 0.05) is 71.4 Å². The standard InChI is InChI=1S/C25H42N4O3/c1-21(23-7-4-3-5-8-23)29-25(11-17-31-18-12-25)20-28-24(26-2)27-13-6-14-32-19-22-9-15-30-16-10-22/h3-5,7-8,21-22,29H,6,9-20H2,1-2H3,(H2,26,27,28). The van der Waals surface area contributed by atoms with E-state index in [-0.39, 0.29) is 11.6 Å². The van der Waals surface area contributed by atoms with Crippen molar-refractivity contribution < 1.29 is 14.2 Å². The minimum atomic E-state index is -0.0159. The molecule has 2 aliphatic rings. The van der Waals surface area contributed by atoms with Crippen LogP contribution in [0, 0.1) is 5.92 Å². The molecule has 32 heavy (non-hydrogen) atoms. The van der Waals surface area contributed by atoms with E-state index in [1.165, 1.54) is 5.56 Å². The SMILES string of the molecule is CN=C(NCCCOCC1CCOCC1)NCC1(NC(C)c2ccccc2)CCOCC1. The smallest absolute Gasteiger partial charge is 0.191 e. The Balaban J connectivity index is 1.38. The maximum Gasteiger partial charge on any atom is 0.191 e. The highest BCUT2D eigenvalue weighted by Gasteiger charge is 2.34. The molecule has 1 unspecified atom stereocenters. The zero-order valence-electron chi connectivity index (χ0n) is 19.9. The maximum atomic E-state index is 5.87. The number of ether oxygens (including phenoxy) is 3. The molecule has 1 atom stereocenters. The van der Waals surface area contributed by atoms with E-state index < -0.39 is 0 Å². The van der Waals surface area contributed by atoms with Gasteiger partial charge in [-0.15, -0.1) is 0 Å². The van der Waals surface area contributed by atoms with Crippen LogP contribution in [0.5, 0.6) is 0 Å². The summed E-state index contributed by atoms with van der Waals surface area (Å²) in [7, 11) is 1.83. The van der Waals surface area contributed by atoms with Crippen molar-refractivity contribution in [2.45, 2.75) is 50.6 Å². The Labute approximate surface area is 193 Å². The summed E-state index contributed by atoms with van der Waals surface area (Å²) in [6, 6.07) is 10.9. The fraction of sp³-hybridized carbons (Fsp3) is 0.720. The van der Waals surface area contributed by atoms with Crippen LogP contribution < -0.4 is 16.0 Å². The lowest BCUT2D eigenvalue weighted by molar-refractivity contribution is 0.0203. The highest BCUT2D eigenvalue weighted by atomic mass is 16.5. The van der Waals surface area contributed by atoms with Crippen molar-refractivity contribution in [3.63, 3.8) is 0 Å². The number of guanidine groups is 1. The van der Waals surface area contributed by atoms with Crippen molar-refractivity contribution in [1.82, 2.24) is 16.0 Å². The number of hydrogen-bond acceptors (Lipinski definition) is 5. The second kappa shape index (κ2) is 13.8. The average molecular weight is 447 g/mol. The molecule has 3 rings (SSSR count). The molecule has 2 aliphatic heterocycles. The van der Waals surface area contributed by atoms with Crippen LogP contribution in [0.15, 0.2) is 35.3 Å². The molecule has 7 heteroatoms. The summed E-state index contributed by atoms with van der Waals surface area (Å²) in [5.74, 6) is 1.50. The van der Waals surface area contributed by atoms with Gasteiger partial charge in [-0.2, -0.15) is 0 Å². The molecule has 2 fully saturated rings. The van der Waals surface area contributed by atoms with Crippen LogP contribution in [0.3, 0.4) is 0 Å². The fourth-order valence-corrected chi connectivity index (χ4v) is 4.44. The lowest BCUT2D eigenvalue weighted by atomic mass is 9.88. The van der Waals surface area contributed by atoms with E-state index in [4.69, 9.17) is 14.2 Å². The molecule has 0 spiro atoms. The molecule has 0 saturated carbocycles. The van der Waals surface area contributed by atoms with Crippen molar-refractivity contribution in [2.24, 2.45) is 10.9 Å². The summed E-state index contributed by atoms with van der Waals surface area (Å²) in [6.07, 6.45) is 5.17. The average Bonchev–Trinajstić information content (AvgIpc) is 2.85. The van der Waals surface area contributed by atoms with Gasteiger partial charge in [-0.1, -0.05) is 30.3 Å². The molecule has 3 N–H and O–H groups in total. The third-order valence-electron chi connectivity index (χ3n) is 6.54. The van der Waals surface area contributed by atoms with E-state index in [0.717, 1.165) is 90.8 Å². The van der Waals surface area contributed by atoms with Gasteiger partial charge >= 0.3 is 0 Å². The molecular formula is C25H42N4O3. The predicted molar refractivity (Wildman–Crippen MR) is 129 cm³/mol. The molecule has 0 aromatic heterocycles. The first kappa shape index (κ1) is 25.0. The molecule has 0 bridgehead atoms. The molecule has 0 amide bonds. The number of nitrogens with one attached hydrogen (secondary N) is 3. The normalized spacial score (nSPS) is 20.6. The van der Waals surface area contributed by atoms with Gasteiger partial charge in [0.1, 0.15) is 0 Å². The molecule has 1 aromatic carbocycles. The lowest BCUT2D eigenvalue weighted by Gasteiger charge is -2.41. The molecule has 0 aliphatic carbocycles. The van der Waals surface area contributed by atoms with Gasteiger partial charge in [0.15, 0.2) is 5.96 Å². The van der Waals surface area contributed by atoms with Crippen molar-refractivity contribution in [2.75, 3.05) is 59.8 Å². The van der Waals surface area contributed by atoms with Gasteiger partial charge in [0.05, 0.1) is 0 Å². The van der Waals surface area contributed by atoms with Gasteiger partial charge in [-0.25, -0.2) is 0 Å². The van der Waals surface area contributed by atoms with Crippen molar-refractivity contribution in [3.8, 4) is 0 Å². The van der Waals surface area contributed by atoms with E-state index in [1.807, 2.05) is 7.05 Å². The summed E-state index contributed by atoms with van der Waals surface area (Å²) in [5.41, 5.74) is 1.29. The molecule has 180 valence electrons. The van der Waals surface area contributed by atoms with E-state index >= 15 is 0 Å². The highest BCUT2D eigenvalue weighted by Crippen LogP contribution is 2.25. The monoisotopic (exact) mass is 446 g/mol. The third kappa shape index (κ3) is 8.35. The summed E-state index contributed by atoms with van der Waals surface area (Å²) in [6.45, 7) is 8.85. The largest absolute Gasteiger partial charge is 0.381 e. The lowest BCUT2D eigenvalue weighted by Crippen LogP contribution is -2.58. The zero-order chi connectivity index (χ0) is 22.5. The van der Waals surface area contributed by atoms with Gasteiger partial charge in [0.2, 0.25) is 0 Å². The van der Waals surface area contributed by atoms with Gasteiger partial charge < -0.3 is 30.2 Å². The fourth-order valence-electron chi connectivity index (χ4n) is 4.44. The van der Waals surface area contributed by atoms with Crippen LogP contribution in [0.4, 0.5) is 0 Å². The van der Waals surface area contributed by atoms with Crippen molar-refractivity contribution in [1.29, 1.82) is 0 Å². The molecule has 7 nitrogen and oxygen atoms in total. The van der Waals surface area contributed by atoms with Gasteiger partial charge in [-0.05, 0) is 50.5 Å². The van der Waals surface area contributed by atoms with Crippen LogP contribution in [-0.4, -0.2) is 71.3 Å². The molecule has 2 saturated heterocycles. The second-order valence-corrected chi connectivity index (χ2v) is 9.01. The summed E-state index contributed by atoms with van der Waals surface area (Å²) >= 11 is 0. The zero-order valence-corrected chi connectivity index (χ0v) is 19.9. The van der Waals surface area contributed by atoms with Gasteiger partial charge in [-0.3, -0.25) is 4.99 Å². The Bertz CT molecular complexity index is 658. The van der Waals surface area contributed by atoms with Crippen LogP contribution in [-0.2, 0) is 14.2 Å². The molecule has 0 radical (unpaired) electrons. The summed E-state index contributed by atoms with van der Waals surface area (Å²) in [5, 5.41) is 10.9. The summed E-state index contributed by atoms with van der Waals surface area (Å²) in [4.78, 5) is 4.41. The first-order chi connectivity index (χ1) is 15.7. The molecule has 2 heterocycles. The number of hydrogen-bond donors (Lipinski definition) is 3. The third-order valence-corrected chi connectivity index (χ3v) is 6.54. The predicted octanol–water partition coefficient (Wildman–Crippen LogP) is 2.88. The number of benzene rings is 1. The Morgan fingerprint density at radius 1 is 1.09 bits per heavy atom. The number of aliphatic imine (C=N–C) groups is 1. The molecule has 1 aromatic rings. The van der Waals surface area contributed by atoms with Crippen molar-refractivity contribution in [3.05, 3.63) is 35.9 Å². The minimum Gasteiger partial charge on any atom is -0.381 e. The molecular weight excluding hydrogens is 404 g/mol. The van der Waals surface area contributed by atoms with E-state index in [9.17, 15) is 0 Å². The topological polar surface area (TPSA) is 76.1 Å². The number of nitrogens with zero attached hydrogens (tertiary/aromatic N) is 1.